The molecule has 0 fully saturated rings. The van der Waals surface area contributed by atoms with Gasteiger partial charge in [-0.25, -0.2) is 0 Å². The van der Waals surface area contributed by atoms with Gasteiger partial charge in [-0.2, -0.15) is 0 Å². The normalized spacial score (nSPS) is 22.7. The first-order chi connectivity index (χ1) is 11.4. The SMILES string of the molecule is CC[C@@H]1c2cc(C)c(C)cc2N[C@H](Nc2ccc(C)c(C)c2)[C@@H]1C. The van der Waals surface area contributed by atoms with Crippen molar-refractivity contribution in [3.05, 3.63) is 58.1 Å². The lowest BCUT2D eigenvalue weighted by Crippen LogP contribution is -2.42. The van der Waals surface area contributed by atoms with Crippen LogP contribution in [-0.4, -0.2) is 6.17 Å². The maximum Gasteiger partial charge on any atom is 0.0996 e. The van der Waals surface area contributed by atoms with Crippen LogP contribution in [0.5, 0.6) is 0 Å². The Kier molecular flexibility index (Phi) is 4.58. The zero-order valence-electron chi connectivity index (χ0n) is 15.8. The molecule has 0 saturated heterocycles. The van der Waals surface area contributed by atoms with Gasteiger partial charge in [0.1, 0.15) is 0 Å². The van der Waals surface area contributed by atoms with Gasteiger partial charge in [-0.15, -0.1) is 0 Å². The summed E-state index contributed by atoms with van der Waals surface area (Å²) >= 11 is 0. The predicted octanol–water partition coefficient (Wildman–Crippen LogP) is 5.91. The second-order valence-electron chi connectivity index (χ2n) is 7.46. The molecule has 0 radical (unpaired) electrons. The lowest BCUT2D eigenvalue weighted by atomic mass is 9.78. The van der Waals surface area contributed by atoms with Crippen LogP contribution in [0.2, 0.25) is 0 Å². The highest BCUT2D eigenvalue weighted by Gasteiger charge is 2.32. The molecule has 2 nitrogen and oxygen atoms in total. The Morgan fingerprint density at radius 3 is 2.25 bits per heavy atom. The predicted molar refractivity (Wildman–Crippen MR) is 105 cm³/mol. The second-order valence-corrected chi connectivity index (χ2v) is 7.46. The number of hydrogen-bond acceptors (Lipinski definition) is 2. The minimum Gasteiger partial charge on any atom is -0.365 e. The van der Waals surface area contributed by atoms with Gasteiger partial charge in [0.2, 0.25) is 0 Å². The molecule has 0 bridgehead atoms. The van der Waals surface area contributed by atoms with Crippen LogP contribution in [0.3, 0.4) is 0 Å². The first-order valence-corrected chi connectivity index (χ1v) is 9.12. The smallest absolute Gasteiger partial charge is 0.0996 e. The lowest BCUT2D eigenvalue weighted by Gasteiger charge is -2.40. The highest BCUT2D eigenvalue weighted by Crippen LogP contribution is 2.41. The lowest BCUT2D eigenvalue weighted by molar-refractivity contribution is 0.395. The number of benzene rings is 2. The quantitative estimate of drug-likeness (QED) is 0.733. The van der Waals surface area contributed by atoms with E-state index in [1.165, 1.54) is 45.6 Å². The van der Waals surface area contributed by atoms with Crippen molar-refractivity contribution in [3.8, 4) is 0 Å². The Bertz CT molecular complexity index is 748. The van der Waals surface area contributed by atoms with Crippen LogP contribution in [0.1, 0.15) is 54.0 Å². The molecule has 1 heterocycles. The molecular formula is C22H30N2. The minimum atomic E-state index is 0.256. The van der Waals surface area contributed by atoms with Gasteiger partial charge in [0.25, 0.3) is 0 Å². The monoisotopic (exact) mass is 322 g/mol. The molecule has 0 spiro atoms. The zero-order valence-corrected chi connectivity index (χ0v) is 15.8. The van der Waals surface area contributed by atoms with E-state index in [2.05, 4.69) is 82.5 Å². The molecule has 1 aliphatic heterocycles. The first-order valence-electron chi connectivity index (χ1n) is 9.12. The number of anilines is 2. The van der Waals surface area contributed by atoms with E-state index in [1.54, 1.807) is 0 Å². The average Bonchev–Trinajstić information content (AvgIpc) is 2.54. The van der Waals surface area contributed by atoms with Crippen LogP contribution < -0.4 is 10.6 Å². The maximum atomic E-state index is 3.75. The van der Waals surface area contributed by atoms with Gasteiger partial charge in [-0.3, -0.25) is 0 Å². The van der Waals surface area contributed by atoms with Gasteiger partial charge in [-0.05, 0) is 86.1 Å². The fraction of sp³-hybridized carbons (Fsp3) is 0.455. The fourth-order valence-electron chi connectivity index (χ4n) is 3.85. The van der Waals surface area contributed by atoms with E-state index in [9.17, 15) is 0 Å². The van der Waals surface area contributed by atoms with Gasteiger partial charge >= 0.3 is 0 Å². The van der Waals surface area contributed by atoms with E-state index in [0.29, 0.717) is 11.8 Å². The van der Waals surface area contributed by atoms with Gasteiger partial charge < -0.3 is 10.6 Å². The van der Waals surface area contributed by atoms with Crippen molar-refractivity contribution in [1.29, 1.82) is 0 Å². The third kappa shape index (κ3) is 3.02. The third-order valence-electron chi connectivity index (χ3n) is 5.81. The number of aryl methyl sites for hydroxylation is 4. The number of rotatable bonds is 3. The molecule has 2 heteroatoms. The van der Waals surface area contributed by atoms with Crippen LogP contribution in [0.4, 0.5) is 11.4 Å². The Labute approximate surface area is 146 Å². The minimum absolute atomic E-state index is 0.256. The second kappa shape index (κ2) is 6.51. The molecule has 0 amide bonds. The van der Waals surface area contributed by atoms with Crippen LogP contribution in [-0.2, 0) is 0 Å². The van der Waals surface area contributed by atoms with E-state index in [-0.39, 0.29) is 6.17 Å². The van der Waals surface area contributed by atoms with Gasteiger partial charge in [0, 0.05) is 17.3 Å². The van der Waals surface area contributed by atoms with E-state index >= 15 is 0 Å². The number of fused-ring (bicyclic) bond motifs is 1. The third-order valence-corrected chi connectivity index (χ3v) is 5.81. The van der Waals surface area contributed by atoms with E-state index < -0.39 is 0 Å². The van der Waals surface area contributed by atoms with Crippen LogP contribution in [0.15, 0.2) is 30.3 Å². The molecule has 0 unspecified atom stereocenters. The molecule has 2 aromatic carbocycles. The zero-order chi connectivity index (χ0) is 17.4. The molecule has 0 aliphatic carbocycles. The molecule has 24 heavy (non-hydrogen) atoms. The molecule has 3 rings (SSSR count). The summed E-state index contributed by atoms with van der Waals surface area (Å²) in [6.45, 7) is 13.4. The highest BCUT2D eigenvalue weighted by molar-refractivity contribution is 5.61. The van der Waals surface area contributed by atoms with Crippen LogP contribution in [0, 0.1) is 33.6 Å². The van der Waals surface area contributed by atoms with Crippen molar-refractivity contribution in [3.63, 3.8) is 0 Å². The summed E-state index contributed by atoms with van der Waals surface area (Å²) < 4.78 is 0. The Morgan fingerprint density at radius 1 is 0.917 bits per heavy atom. The Morgan fingerprint density at radius 2 is 1.58 bits per heavy atom. The van der Waals surface area contributed by atoms with Crippen LogP contribution >= 0.6 is 0 Å². The van der Waals surface area contributed by atoms with Crippen molar-refractivity contribution < 1.29 is 0 Å². The van der Waals surface area contributed by atoms with Crippen molar-refractivity contribution in [2.24, 2.45) is 5.92 Å². The topological polar surface area (TPSA) is 24.1 Å². The first kappa shape index (κ1) is 16.9. The molecule has 128 valence electrons. The van der Waals surface area contributed by atoms with Gasteiger partial charge in [0.05, 0.1) is 6.17 Å². The molecule has 2 N–H and O–H groups in total. The molecule has 1 aliphatic rings. The molecule has 2 aromatic rings. The molecule has 0 saturated carbocycles. The van der Waals surface area contributed by atoms with E-state index in [4.69, 9.17) is 0 Å². The largest absolute Gasteiger partial charge is 0.365 e. The summed E-state index contributed by atoms with van der Waals surface area (Å²) in [6, 6.07) is 11.3. The van der Waals surface area contributed by atoms with Crippen molar-refractivity contribution in [2.45, 2.75) is 60.0 Å². The number of hydrogen-bond donors (Lipinski definition) is 2. The highest BCUT2D eigenvalue weighted by atomic mass is 15.1. The van der Waals surface area contributed by atoms with Crippen molar-refractivity contribution in [2.75, 3.05) is 10.6 Å². The summed E-state index contributed by atoms with van der Waals surface area (Å²) in [6.07, 6.45) is 1.43. The molecular weight excluding hydrogens is 292 g/mol. The van der Waals surface area contributed by atoms with E-state index in [0.717, 1.165) is 0 Å². The van der Waals surface area contributed by atoms with Gasteiger partial charge in [-0.1, -0.05) is 26.0 Å². The standard InChI is InChI=1S/C22H30N2/c1-7-19-17(6)22(23-18-9-8-13(2)14(3)10-18)24-21-12-16(5)15(4)11-20(19)21/h8-12,17,19,22-24H,7H2,1-6H3/t17-,19+,22+/m1/s1. The summed E-state index contributed by atoms with van der Waals surface area (Å²) in [5, 5.41) is 7.48. The van der Waals surface area contributed by atoms with Crippen molar-refractivity contribution >= 4 is 11.4 Å². The summed E-state index contributed by atoms with van der Waals surface area (Å²) in [4.78, 5) is 0. The average molecular weight is 322 g/mol. The summed E-state index contributed by atoms with van der Waals surface area (Å²) in [7, 11) is 0. The van der Waals surface area contributed by atoms with Gasteiger partial charge in [0.15, 0.2) is 0 Å². The molecule has 0 aromatic heterocycles. The number of nitrogens with one attached hydrogen (secondary N) is 2. The summed E-state index contributed by atoms with van der Waals surface area (Å²) in [5.74, 6) is 1.12. The molecule has 3 atom stereocenters. The Balaban J connectivity index is 1.92. The maximum absolute atomic E-state index is 3.75. The summed E-state index contributed by atoms with van der Waals surface area (Å²) in [5.41, 5.74) is 9.40. The van der Waals surface area contributed by atoms with Crippen LogP contribution in [0.25, 0.3) is 0 Å². The fourth-order valence-corrected chi connectivity index (χ4v) is 3.85. The Hall–Kier alpha value is -1.96. The van der Waals surface area contributed by atoms with Crippen molar-refractivity contribution in [1.82, 2.24) is 0 Å². The van der Waals surface area contributed by atoms with E-state index in [1.807, 2.05) is 0 Å².